The van der Waals surface area contributed by atoms with Crippen molar-refractivity contribution < 1.29 is 14.6 Å². The van der Waals surface area contributed by atoms with E-state index in [0.29, 0.717) is 17.0 Å². The fourth-order valence-electron chi connectivity index (χ4n) is 2.06. The van der Waals surface area contributed by atoms with Crippen molar-refractivity contribution in [3.05, 3.63) is 41.7 Å². The van der Waals surface area contributed by atoms with Gasteiger partial charge in [-0.05, 0) is 31.0 Å². The number of ether oxygens (including phenoxy) is 1. The Hall–Kier alpha value is -2.81. The average molecular weight is 299 g/mol. The van der Waals surface area contributed by atoms with Crippen molar-refractivity contribution in [2.45, 2.75) is 32.8 Å². The van der Waals surface area contributed by atoms with Gasteiger partial charge in [0.15, 0.2) is 0 Å². The van der Waals surface area contributed by atoms with Crippen LogP contribution >= 0.6 is 0 Å². The molecule has 22 heavy (non-hydrogen) atoms. The molecule has 6 nitrogen and oxygen atoms in total. The molecule has 114 valence electrons. The van der Waals surface area contributed by atoms with Crippen LogP contribution in [-0.4, -0.2) is 27.0 Å². The van der Waals surface area contributed by atoms with Gasteiger partial charge in [0.25, 0.3) is 0 Å². The highest BCUT2D eigenvalue weighted by molar-refractivity contribution is 5.87. The standard InChI is InChI=1S/C16H17N3O3/c1-3-14(4-2)22-15-6-5-13(7-11(15)8-17)19-10-12(9-18-19)16(20)21/h5-7,9-10,14H,3-4H2,1-2H3,(H,20,21). The third-order valence-corrected chi connectivity index (χ3v) is 3.38. The number of rotatable bonds is 6. The summed E-state index contributed by atoms with van der Waals surface area (Å²) in [6.45, 7) is 4.07. The summed E-state index contributed by atoms with van der Waals surface area (Å²) in [5, 5.41) is 22.2. The smallest absolute Gasteiger partial charge is 0.338 e. The third kappa shape index (κ3) is 3.26. The molecule has 0 aliphatic heterocycles. The van der Waals surface area contributed by atoms with E-state index >= 15 is 0 Å². The first kappa shape index (κ1) is 15.6. The zero-order valence-corrected chi connectivity index (χ0v) is 12.5. The molecule has 2 aromatic rings. The van der Waals surface area contributed by atoms with Crippen LogP contribution in [0.5, 0.6) is 5.75 Å². The predicted molar refractivity (Wildman–Crippen MR) is 80.2 cm³/mol. The zero-order chi connectivity index (χ0) is 16.1. The summed E-state index contributed by atoms with van der Waals surface area (Å²) in [7, 11) is 0. The number of carboxylic acids is 1. The van der Waals surface area contributed by atoms with Crippen molar-refractivity contribution in [1.29, 1.82) is 5.26 Å². The Morgan fingerprint density at radius 3 is 2.73 bits per heavy atom. The molecule has 0 atom stereocenters. The van der Waals surface area contributed by atoms with Crippen LogP contribution in [0.4, 0.5) is 0 Å². The van der Waals surface area contributed by atoms with Crippen LogP contribution in [0.2, 0.25) is 0 Å². The number of carbonyl (C=O) groups is 1. The molecule has 0 aliphatic carbocycles. The normalized spacial score (nSPS) is 10.5. The Morgan fingerprint density at radius 2 is 2.18 bits per heavy atom. The van der Waals surface area contributed by atoms with E-state index in [0.717, 1.165) is 12.8 Å². The van der Waals surface area contributed by atoms with E-state index in [-0.39, 0.29) is 11.7 Å². The first-order valence-corrected chi connectivity index (χ1v) is 7.08. The van der Waals surface area contributed by atoms with Crippen molar-refractivity contribution in [1.82, 2.24) is 9.78 Å². The maximum atomic E-state index is 10.9. The van der Waals surface area contributed by atoms with E-state index in [4.69, 9.17) is 9.84 Å². The van der Waals surface area contributed by atoms with Crippen molar-refractivity contribution >= 4 is 5.97 Å². The highest BCUT2D eigenvalue weighted by Crippen LogP contribution is 2.24. The van der Waals surface area contributed by atoms with Crippen LogP contribution in [0.15, 0.2) is 30.6 Å². The number of nitrogens with zero attached hydrogens (tertiary/aromatic N) is 3. The second-order valence-corrected chi connectivity index (χ2v) is 4.83. The molecule has 1 aromatic carbocycles. The first-order chi connectivity index (χ1) is 10.6. The Balaban J connectivity index is 2.32. The predicted octanol–water partition coefficient (Wildman–Crippen LogP) is 3.01. The van der Waals surface area contributed by atoms with Crippen LogP contribution in [0.3, 0.4) is 0 Å². The fraction of sp³-hybridized carbons (Fsp3) is 0.312. The maximum Gasteiger partial charge on any atom is 0.338 e. The number of hydrogen-bond acceptors (Lipinski definition) is 4. The van der Waals surface area contributed by atoms with Gasteiger partial charge < -0.3 is 9.84 Å². The van der Waals surface area contributed by atoms with E-state index in [1.807, 2.05) is 13.8 Å². The first-order valence-electron chi connectivity index (χ1n) is 7.08. The lowest BCUT2D eigenvalue weighted by molar-refractivity contribution is 0.0697. The highest BCUT2D eigenvalue weighted by atomic mass is 16.5. The summed E-state index contributed by atoms with van der Waals surface area (Å²) in [6.07, 6.45) is 4.47. The summed E-state index contributed by atoms with van der Waals surface area (Å²) < 4.78 is 7.24. The van der Waals surface area contributed by atoms with Gasteiger partial charge in [-0.1, -0.05) is 13.8 Å². The van der Waals surface area contributed by atoms with Crippen LogP contribution < -0.4 is 4.74 Å². The monoisotopic (exact) mass is 299 g/mol. The summed E-state index contributed by atoms with van der Waals surface area (Å²) in [6, 6.07) is 7.21. The van der Waals surface area contributed by atoms with E-state index in [2.05, 4.69) is 11.2 Å². The molecule has 0 saturated heterocycles. The summed E-state index contributed by atoms with van der Waals surface area (Å²) >= 11 is 0. The molecular weight excluding hydrogens is 282 g/mol. The molecule has 0 unspecified atom stereocenters. The van der Waals surface area contributed by atoms with E-state index in [9.17, 15) is 10.1 Å². The van der Waals surface area contributed by atoms with Crippen molar-refractivity contribution in [3.63, 3.8) is 0 Å². The van der Waals surface area contributed by atoms with Gasteiger partial charge in [-0.15, -0.1) is 0 Å². The minimum absolute atomic E-state index is 0.0706. The molecule has 2 rings (SSSR count). The van der Waals surface area contributed by atoms with Gasteiger partial charge in [0.05, 0.1) is 29.1 Å². The third-order valence-electron chi connectivity index (χ3n) is 3.38. The summed E-state index contributed by atoms with van der Waals surface area (Å²) in [5.41, 5.74) is 1.11. The van der Waals surface area contributed by atoms with E-state index < -0.39 is 5.97 Å². The number of hydrogen-bond donors (Lipinski definition) is 1. The van der Waals surface area contributed by atoms with Gasteiger partial charge in [0.2, 0.25) is 0 Å². The topological polar surface area (TPSA) is 88.1 Å². The quantitative estimate of drug-likeness (QED) is 0.885. The van der Waals surface area contributed by atoms with E-state index in [1.54, 1.807) is 18.2 Å². The van der Waals surface area contributed by atoms with Crippen LogP contribution in [-0.2, 0) is 0 Å². The van der Waals surface area contributed by atoms with Crippen LogP contribution in [0.1, 0.15) is 42.6 Å². The summed E-state index contributed by atoms with van der Waals surface area (Å²) in [5.74, 6) is -0.508. The Bertz CT molecular complexity index is 712. The molecule has 0 spiro atoms. The van der Waals surface area contributed by atoms with Gasteiger partial charge in [-0.3, -0.25) is 0 Å². The number of aromatic nitrogens is 2. The lowest BCUT2D eigenvalue weighted by Gasteiger charge is -2.17. The maximum absolute atomic E-state index is 10.9. The number of aromatic carboxylic acids is 1. The van der Waals surface area contributed by atoms with Gasteiger partial charge in [-0.25, -0.2) is 9.48 Å². The molecule has 1 heterocycles. The Kier molecular flexibility index (Phi) is 4.79. The van der Waals surface area contributed by atoms with Crippen LogP contribution in [0.25, 0.3) is 5.69 Å². The molecule has 0 fully saturated rings. The van der Waals surface area contributed by atoms with Crippen molar-refractivity contribution in [2.75, 3.05) is 0 Å². The van der Waals surface area contributed by atoms with Gasteiger partial charge >= 0.3 is 5.97 Å². The molecule has 0 amide bonds. The summed E-state index contributed by atoms with van der Waals surface area (Å²) in [4.78, 5) is 10.9. The molecule has 0 aliphatic rings. The minimum Gasteiger partial charge on any atom is -0.489 e. The Morgan fingerprint density at radius 1 is 1.45 bits per heavy atom. The average Bonchev–Trinajstić information content (AvgIpc) is 3.02. The van der Waals surface area contributed by atoms with Crippen molar-refractivity contribution in [2.24, 2.45) is 0 Å². The molecular formula is C16H17N3O3. The fourth-order valence-corrected chi connectivity index (χ4v) is 2.06. The number of carboxylic acid groups (broad SMARTS) is 1. The lowest BCUT2D eigenvalue weighted by Crippen LogP contribution is -2.14. The largest absolute Gasteiger partial charge is 0.489 e. The zero-order valence-electron chi connectivity index (χ0n) is 12.5. The highest BCUT2D eigenvalue weighted by Gasteiger charge is 2.12. The molecule has 1 aromatic heterocycles. The molecule has 6 heteroatoms. The molecule has 0 radical (unpaired) electrons. The van der Waals surface area contributed by atoms with Crippen molar-refractivity contribution in [3.8, 4) is 17.5 Å². The lowest BCUT2D eigenvalue weighted by atomic mass is 10.1. The minimum atomic E-state index is -1.04. The Labute approximate surface area is 128 Å². The van der Waals surface area contributed by atoms with Crippen LogP contribution in [0, 0.1) is 11.3 Å². The SMILES string of the molecule is CCC(CC)Oc1ccc(-n2cc(C(=O)O)cn2)cc1C#N. The molecule has 0 saturated carbocycles. The second-order valence-electron chi connectivity index (χ2n) is 4.83. The van der Waals surface area contributed by atoms with Gasteiger partial charge in [-0.2, -0.15) is 10.4 Å². The molecule has 1 N–H and O–H groups in total. The number of nitriles is 1. The van der Waals surface area contributed by atoms with Gasteiger partial charge in [0, 0.05) is 6.20 Å². The number of benzene rings is 1. The second kappa shape index (κ2) is 6.76. The van der Waals surface area contributed by atoms with Gasteiger partial charge in [0.1, 0.15) is 11.8 Å². The molecule has 0 bridgehead atoms. The van der Waals surface area contributed by atoms with E-state index in [1.165, 1.54) is 17.1 Å².